The van der Waals surface area contributed by atoms with E-state index in [-0.39, 0.29) is 23.4 Å². The largest absolute Gasteiger partial charge is 0.462 e. The van der Waals surface area contributed by atoms with Gasteiger partial charge in [-0.3, -0.25) is 14.9 Å². The van der Waals surface area contributed by atoms with Crippen molar-refractivity contribution in [3.63, 3.8) is 0 Å². The molecule has 148 valence electrons. The van der Waals surface area contributed by atoms with Crippen LogP contribution in [0.25, 0.3) is 0 Å². The molecule has 1 amide bonds. The van der Waals surface area contributed by atoms with Crippen molar-refractivity contribution in [2.24, 2.45) is 0 Å². The molecule has 10 heteroatoms. The van der Waals surface area contributed by atoms with Gasteiger partial charge in [0.05, 0.1) is 30.3 Å². The first kappa shape index (κ1) is 19.8. The highest BCUT2D eigenvalue weighted by Gasteiger charge is 2.24. The van der Waals surface area contributed by atoms with Crippen LogP contribution >= 0.6 is 11.3 Å². The molecule has 1 aromatic carbocycles. The van der Waals surface area contributed by atoms with Crippen LogP contribution in [0.5, 0.6) is 0 Å². The predicted molar refractivity (Wildman–Crippen MR) is 104 cm³/mol. The zero-order valence-corrected chi connectivity index (χ0v) is 16.0. The highest BCUT2D eigenvalue weighted by atomic mass is 32.1. The molecule has 0 bridgehead atoms. The van der Waals surface area contributed by atoms with Crippen LogP contribution in [-0.4, -0.2) is 49.7 Å². The van der Waals surface area contributed by atoms with Crippen molar-refractivity contribution in [2.45, 2.75) is 6.92 Å². The normalized spacial score (nSPS) is 13.8. The van der Waals surface area contributed by atoms with Gasteiger partial charge in [-0.05, 0) is 30.5 Å². The standard InChI is InChI=1S/C18H19N3O6S/c1-2-27-18(23)13-5-10-28-17(13)19-16(22)12-3-4-14(15(11-12)21(24)25)20-6-8-26-9-7-20/h3-5,10-11H,2,6-9H2,1H3,(H,19,22). The van der Waals surface area contributed by atoms with E-state index in [1.165, 1.54) is 23.5 Å². The monoisotopic (exact) mass is 405 g/mol. The summed E-state index contributed by atoms with van der Waals surface area (Å²) in [4.78, 5) is 37.4. The summed E-state index contributed by atoms with van der Waals surface area (Å²) in [7, 11) is 0. The minimum atomic E-state index is -0.537. The van der Waals surface area contributed by atoms with E-state index >= 15 is 0 Å². The van der Waals surface area contributed by atoms with Gasteiger partial charge in [0, 0.05) is 24.7 Å². The number of nitro groups is 1. The fraction of sp³-hybridized carbons (Fsp3) is 0.333. The second-order valence-electron chi connectivity index (χ2n) is 5.90. The highest BCUT2D eigenvalue weighted by Crippen LogP contribution is 2.31. The number of benzene rings is 1. The zero-order valence-electron chi connectivity index (χ0n) is 15.2. The second-order valence-corrected chi connectivity index (χ2v) is 6.81. The van der Waals surface area contributed by atoms with E-state index in [1.54, 1.807) is 24.4 Å². The average molecular weight is 405 g/mol. The van der Waals surface area contributed by atoms with Crippen LogP contribution in [0.2, 0.25) is 0 Å². The Kier molecular flexibility index (Phi) is 6.22. The molecule has 1 aliphatic rings. The Hall–Kier alpha value is -2.98. The maximum atomic E-state index is 12.6. The number of hydrogen-bond acceptors (Lipinski definition) is 8. The Balaban J connectivity index is 1.83. The van der Waals surface area contributed by atoms with Crippen LogP contribution in [-0.2, 0) is 9.47 Å². The summed E-state index contributed by atoms with van der Waals surface area (Å²) in [6.07, 6.45) is 0. The molecule has 1 aromatic heterocycles. The first-order valence-electron chi connectivity index (χ1n) is 8.68. The quantitative estimate of drug-likeness (QED) is 0.447. The third-order valence-corrected chi connectivity index (χ3v) is 5.00. The number of rotatable bonds is 6. The molecule has 28 heavy (non-hydrogen) atoms. The summed E-state index contributed by atoms with van der Waals surface area (Å²) in [6.45, 7) is 3.99. The fourth-order valence-electron chi connectivity index (χ4n) is 2.83. The molecule has 1 N–H and O–H groups in total. The molecule has 0 unspecified atom stereocenters. The Morgan fingerprint density at radius 3 is 2.75 bits per heavy atom. The number of carbonyl (C=O) groups excluding carboxylic acids is 2. The van der Waals surface area contributed by atoms with Gasteiger partial charge < -0.3 is 19.7 Å². The van der Waals surface area contributed by atoms with Gasteiger partial charge in [-0.1, -0.05) is 0 Å². The predicted octanol–water partition coefficient (Wildman–Crippen LogP) is 2.92. The third-order valence-electron chi connectivity index (χ3n) is 4.17. The van der Waals surface area contributed by atoms with Crippen molar-refractivity contribution in [2.75, 3.05) is 43.1 Å². The number of carbonyl (C=O) groups is 2. The Labute approximate surface area is 165 Å². The SMILES string of the molecule is CCOC(=O)c1ccsc1NC(=O)c1ccc(N2CCOCC2)c([N+](=O)[O-])c1. The van der Waals surface area contributed by atoms with Crippen molar-refractivity contribution < 1.29 is 24.0 Å². The van der Waals surface area contributed by atoms with Crippen LogP contribution in [0.1, 0.15) is 27.6 Å². The molecule has 1 aliphatic heterocycles. The van der Waals surface area contributed by atoms with E-state index in [0.29, 0.717) is 37.0 Å². The lowest BCUT2D eigenvalue weighted by Gasteiger charge is -2.28. The molecule has 9 nitrogen and oxygen atoms in total. The van der Waals surface area contributed by atoms with Crippen molar-refractivity contribution in [1.29, 1.82) is 0 Å². The van der Waals surface area contributed by atoms with Crippen molar-refractivity contribution in [3.8, 4) is 0 Å². The fourth-order valence-corrected chi connectivity index (χ4v) is 3.60. The van der Waals surface area contributed by atoms with Crippen LogP contribution in [0.15, 0.2) is 29.6 Å². The first-order chi connectivity index (χ1) is 13.5. The summed E-state index contributed by atoms with van der Waals surface area (Å²) in [5.74, 6) is -1.07. The minimum absolute atomic E-state index is 0.131. The number of nitrogens with zero attached hydrogens (tertiary/aromatic N) is 2. The highest BCUT2D eigenvalue weighted by molar-refractivity contribution is 7.14. The van der Waals surface area contributed by atoms with Gasteiger partial charge in [0.25, 0.3) is 11.6 Å². The van der Waals surface area contributed by atoms with Gasteiger partial charge in [-0.25, -0.2) is 4.79 Å². The van der Waals surface area contributed by atoms with Crippen LogP contribution < -0.4 is 10.2 Å². The van der Waals surface area contributed by atoms with E-state index in [4.69, 9.17) is 9.47 Å². The van der Waals surface area contributed by atoms with Gasteiger partial charge in [-0.15, -0.1) is 11.3 Å². The van der Waals surface area contributed by atoms with Gasteiger partial charge in [0.1, 0.15) is 10.7 Å². The summed E-state index contributed by atoms with van der Waals surface area (Å²) >= 11 is 1.17. The van der Waals surface area contributed by atoms with E-state index in [9.17, 15) is 19.7 Å². The molecule has 0 aliphatic carbocycles. The smallest absolute Gasteiger partial charge is 0.341 e. The number of esters is 1. The summed E-state index contributed by atoms with van der Waals surface area (Å²) in [5.41, 5.74) is 0.686. The van der Waals surface area contributed by atoms with Crippen molar-refractivity contribution in [1.82, 2.24) is 0 Å². The second kappa shape index (κ2) is 8.81. The van der Waals surface area contributed by atoms with Gasteiger partial charge >= 0.3 is 5.97 Å². The van der Waals surface area contributed by atoms with Gasteiger partial charge in [-0.2, -0.15) is 0 Å². The lowest BCUT2D eigenvalue weighted by molar-refractivity contribution is -0.384. The third kappa shape index (κ3) is 4.29. The van der Waals surface area contributed by atoms with E-state index in [1.807, 2.05) is 4.90 Å². The first-order valence-corrected chi connectivity index (χ1v) is 9.56. The number of thiophene rings is 1. The maximum Gasteiger partial charge on any atom is 0.341 e. The number of morpholine rings is 1. The Morgan fingerprint density at radius 2 is 2.07 bits per heavy atom. The van der Waals surface area contributed by atoms with E-state index in [2.05, 4.69) is 5.32 Å². The molecule has 0 saturated carbocycles. The molecule has 0 atom stereocenters. The zero-order chi connectivity index (χ0) is 20.1. The van der Waals surface area contributed by atoms with E-state index < -0.39 is 16.8 Å². The van der Waals surface area contributed by atoms with Crippen molar-refractivity contribution >= 4 is 39.6 Å². The number of amides is 1. The topological polar surface area (TPSA) is 111 Å². The maximum absolute atomic E-state index is 12.6. The van der Waals surface area contributed by atoms with Crippen LogP contribution in [0.4, 0.5) is 16.4 Å². The molecule has 2 aromatic rings. The van der Waals surface area contributed by atoms with Crippen molar-refractivity contribution in [3.05, 3.63) is 50.9 Å². The average Bonchev–Trinajstić information content (AvgIpc) is 3.16. The Bertz CT molecular complexity index is 891. The summed E-state index contributed by atoms with van der Waals surface area (Å²) in [5, 5.41) is 16.2. The number of ether oxygens (including phenoxy) is 2. The summed E-state index contributed by atoms with van der Waals surface area (Å²) < 4.78 is 10.2. The Morgan fingerprint density at radius 1 is 1.32 bits per heavy atom. The number of hydrogen-bond donors (Lipinski definition) is 1. The molecule has 0 spiro atoms. The van der Waals surface area contributed by atoms with Crippen LogP contribution in [0.3, 0.4) is 0 Å². The summed E-state index contributed by atoms with van der Waals surface area (Å²) in [6, 6.07) is 5.91. The van der Waals surface area contributed by atoms with Gasteiger partial charge in [0.2, 0.25) is 0 Å². The minimum Gasteiger partial charge on any atom is -0.462 e. The van der Waals surface area contributed by atoms with Gasteiger partial charge in [0.15, 0.2) is 0 Å². The number of anilines is 2. The molecule has 3 rings (SSSR count). The lowest BCUT2D eigenvalue weighted by atomic mass is 10.1. The molecule has 1 fully saturated rings. The molecular formula is C18H19N3O6S. The van der Waals surface area contributed by atoms with Crippen LogP contribution in [0, 0.1) is 10.1 Å². The molecule has 0 radical (unpaired) electrons. The molecular weight excluding hydrogens is 386 g/mol. The number of nitro benzene ring substituents is 1. The van der Waals surface area contributed by atoms with E-state index in [0.717, 1.165) is 0 Å². The number of nitrogens with one attached hydrogen (secondary N) is 1. The molecule has 2 heterocycles. The molecule has 1 saturated heterocycles. The lowest BCUT2D eigenvalue weighted by Crippen LogP contribution is -2.36.